The fraction of sp³-hybridized carbons (Fsp3) is 0.121. The maximum Gasteiger partial charge on any atom is 0.255 e. The molecule has 0 aliphatic heterocycles. The van der Waals surface area contributed by atoms with E-state index in [1.807, 2.05) is 42.5 Å². The molecule has 0 bridgehead atoms. The van der Waals surface area contributed by atoms with Crippen molar-refractivity contribution < 1.29 is 19.2 Å². The number of amides is 2. The second-order valence-corrected chi connectivity index (χ2v) is 9.90. The van der Waals surface area contributed by atoms with Gasteiger partial charge in [-0.25, -0.2) is 4.98 Å². The molecule has 0 unspecified atom stereocenters. The maximum atomic E-state index is 12.8. The molecule has 5 rings (SSSR count). The fourth-order valence-corrected chi connectivity index (χ4v) is 4.51. The van der Waals surface area contributed by atoms with Gasteiger partial charge in [-0.15, -0.1) is 0 Å². The highest BCUT2D eigenvalue weighted by atomic mass is 16.2. The van der Waals surface area contributed by atoms with E-state index in [1.165, 1.54) is 6.92 Å². The number of Topliss-reactive ketones (excluding diaryl/α,β-unsaturated/α-hetero) is 2. The summed E-state index contributed by atoms with van der Waals surface area (Å²) in [6.07, 6.45) is 0.613. The maximum absolute atomic E-state index is 12.8. The lowest BCUT2D eigenvalue weighted by Crippen LogP contribution is -2.12. The van der Waals surface area contributed by atoms with Crippen molar-refractivity contribution in [1.82, 2.24) is 9.97 Å². The van der Waals surface area contributed by atoms with Crippen molar-refractivity contribution in [3.8, 4) is 11.4 Å². The molecule has 8 nitrogen and oxygen atoms in total. The summed E-state index contributed by atoms with van der Waals surface area (Å²) < 4.78 is 0. The van der Waals surface area contributed by atoms with E-state index in [1.54, 1.807) is 55.5 Å². The lowest BCUT2D eigenvalue weighted by Gasteiger charge is -2.07. The number of hydrogen-bond donors (Lipinski definition) is 3. The highest BCUT2D eigenvalue weighted by Gasteiger charge is 2.12. The summed E-state index contributed by atoms with van der Waals surface area (Å²) in [5, 5.41) is 5.54. The van der Waals surface area contributed by atoms with Crippen molar-refractivity contribution in [1.29, 1.82) is 0 Å². The average Bonchev–Trinajstić information content (AvgIpc) is 3.37. The molecule has 0 spiro atoms. The van der Waals surface area contributed by atoms with Gasteiger partial charge >= 0.3 is 0 Å². The zero-order valence-electron chi connectivity index (χ0n) is 22.7. The highest BCUT2D eigenvalue weighted by Crippen LogP contribution is 2.24. The van der Waals surface area contributed by atoms with Crippen LogP contribution in [-0.4, -0.2) is 33.3 Å². The molecule has 0 aliphatic carbocycles. The monoisotopic (exact) mass is 544 g/mol. The average molecular weight is 545 g/mol. The molecule has 0 saturated heterocycles. The van der Waals surface area contributed by atoms with Crippen LogP contribution in [0.5, 0.6) is 0 Å². The summed E-state index contributed by atoms with van der Waals surface area (Å²) in [5.41, 5.74) is 6.56. The molecule has 0 aliphatic rings. The second kappa shape index (κ2) is 11.8. The van der Waals surface area contributed by atoms with E-state index in [-0.39, 0.29) is 29.8 Å². The summed E-state index contributed by atoms with van der Waals surface area (Å²) in [7, 11) is 0. The quantitative estimate of drug-likeness (QED) is 0.197. The number of fused-ring (bicyclic) bond motifs is 1. The predicted octanol–water partition coefficient (Wildman–Crippen LogP) is 6.00. The topological polar surface area (TPSA) is 121 Å². The van der Waals surface area contributed by atoms with Crippen LogP contribution in [0.4, 0.5) is 11.4 Å². The SMILES string of the molecule is CC(=O)Cc1ccc(C(=O)Cc2ccc3nc(-c4ccc(NC(=O)c5ccc(NC(C)=O)cc5)cc4)[nH]c3c2)cc1. The van der Waals surface area contributed by atoms with Crippen molar-refractivity contribution in [2.45, 2.75) is 26.7 Å². The van der Waals surface area contributed by atoms with Gasteiger partial charge in [0.25, 0.3) is 5.91 Å². The molecule has 2 amide bonds. The number of carbonyl (C=O) groups is 4. The van der Waals surface area contributed by atoms with E-state index >= 15 is 0 Å². The zero-order chi connectivity index (χ0) is 28.9. The largest absolute Gasteiger partial charge is 0.338 e. The number of nitrogens with zero attached hydrogens (tertiary/aromatic N) is 1. The number of carbonyl (C=O) groups excluding carboxylic acids is 4. The Bertz CT molecular complexity index is 1750. The van der Waals surface area contributed by atoms with E-state index < -0.39 is 0 Å². The van der Waals surface area contributed by atoms with Gasteiger partial charge in [0.1, 0.15) is 11.6 Å². The fourth-order valence-electron chi connectivity index (χ4n) is 4.51. The van der Waals surface area contributed by atoms with Gasteiger partial charge in [0.15, 0.2) is 5.78 Å². The second-order valence-electron chi connectivity index (χ2n) is 9.90. The summed E-state index contributed by atoms with van der Waals surface area (Å²) in [4.78, 5) is 55.9. The van der Waals surface area contributed by atoms with Crippen molar-refractivity contribution in [2.75, 3.05) is 10.6 Å². The summed E-state index contributed by atoms with van der Waals surface area (Å²) >= 11 is 0. The lowest BCUT2D eigenvalue weighted by molar-refractivity contribution is -0.116. The molecular formula is C33H28N4O4. The number of hydrogen-bond acceptors (Lipinski definition) is 5. The Kier molecular flexibility index (Phi) is 7.83. The molecule has 0 atom stereocenters. The molecule has 8 heteroatoms. The first kappa shape index (κ1) is 27.2. The number of anilines is 2. The van der Waals surface area contributed by atoms with Crippen molar-refractivity contribution in [3.05, 3.63) is 113 Å². The first-order valence-corrected chi connectivity index (χ1v) is 13.1. The number of ketones is 2. The molecule has 1 heterocycles. The Hall–Kier alpha value is -5.37. The van der Waals surface area contributed by atoms with E-state index in [2.05, 4.69) is 20.6 Å². The van der Waals surface area contributed by atoms with Crippen LogP contribution in [0.25, 0.3) is 22.4 Å². The summed E-state index contributed by atoms with van der Waals surface area (Å²) in [6.45, 7) is 2.97. The molecule has 5 aromatic rings. The van der Waals surface area contributed by atoms with E-state index in [9.17, 15) is 19.2 Å². The van der Waals surface area contributed by atoms with Crippen LogP contribution in [0, 0.1) is 0 Å². The number of imidazole rings is 1. The number of aromatic amines is 1. The number of benzene rings is 4. The third kappa shape index (κ3) is 6.80. The van der Waals surface area contributed by atoms with Crippen LogP contribution >= 0.6 is 0 Å². The van der Waals surface area contributed by atoms with Crippen LogP contribution in [0.2, 0.25) is 0 Å². The molecule has 0 radical (unpaired) electrons. The number of H-pyrrole nitrogens is 1. The van der Waals surface area contributed by atoms with Gasteiger partial charge in [0.05, 0.1) is 11.0 Å². The normalized spacial score (nSPS) is 10.8. The van der Waals surface area contributed by atoms with E-state index in [0.717, 1.165) is 27.7 Å². The van der Waals surface area contributed by atoms with E-state index in [4.69, 9.17) is 0 Å². The molecule has 3 N–H and O–H groups in total. The first-order valence-electron chi connectivity index (χ1n) is 13.1. The Labute approximate surface area is 236 Å². The molecule has 0 saturated carbocycles. The van der Waals surface area contributed by atoms with Crippen molar-refractivity contribution >= 4 is 45.8 Å². The molecule has 1 aromatic heterocycles. The van der Waals surface area contributed by atoms with Crippen LogP contribution < -0.4 is 10.6 Å². The first-order chi connectivity index (χ1) is 19.7. The summed E-state index contributed by atoms with van der Waals surface area (Å²) in [6, 6.07) is 26.9. The van der Waals surface area contributed by atoms with Gasteiger partial charge in [-0.3, -0.25) is 19.2 Å². The van der Waals surface area contributed by atoms with Gasteiger partial charge in [0, 0.05) is 47.8 Å². The number of nitrogens with one attached hydrogen (secondary N) is 3. The predicted molar refractivity (Wildman–Crippen MR) is 159 cm³/mol. The van der Waals surface area contributed by atoms with Crippen LogP contribution in [-0.2, 0) is 22.4 Å². The van der Waals surface area contributed by atoms with Crippen molar-refractivity contribution in [2.24, 2.45) is 0 Å². The highest BCUT2D eigenvalue weighted by molar-refractivity contribution is 6.04. The Morgan fingerprint density at radius 3 is 1.95 bits per heavy atom. The van der Waals surface area contributed by atoms with Gasteiger partial charge < -0.3 is 15.6 Å². The Morgan fingerprint density at radius 2 is 1.29 bits per heavy atom. The Morgan fingerprint density at radius 1 is 0.683 bits per heavy atom. The smallest absolute Gasteiger partial charge is 0.255 e. The third-order valence-electron chi connectivity index (χ3n) is 6.52. The molecule has 204 valence electrons. The van der Waals surface area contributed by atoms with Gasteiger partial charge in [0.2, 0.25) is 5.91 Å². The van der Waals surface area contributed by atoms with Gasteiger partial charge in [-0.1, -0.05) is 30.3 Å². The molecular weight excluding hydrogens is 516 g/mol. The minimum Gasteiger partial charge on any atom is -0.338 e. The van der Waals surface area contributed by atoms with Crippen LogP contribution in [0.3, 0.4) is 0 Å². The minimum absolute atomic E-state index is 0.000213. The number of aromatic nitrogens is 2. The van der Waals surface area contributed by atoms with Gasteiger partial charge in [-0.05, 0) is 78.7 Å². The third-order valence-corrected chi connectivity index (χ3v) is 6.52. The minimum atomic E-state index is -0.259. The summed E-state index contributed by atoms with van der Waals surface area (Å²) in [5.74, 6) is 0.329. The van der Waals surface area contributed by atoms with Gasteiger partial charge in [-0.2, -0.15) is 0 Å². The molecule has 4 aromatic carbocycles. The molecule has 41 heavy (non-hydrogen) atoms. The lowest BCUT2D eigenvalue weighted by atomic mass is 10.0. The van der Waals surface area contributed by atoms with E-state index in [0.29, 0.717) is 34.7 Å². The number of rotatable bonds is 9. The molecule has 0 fully saturated rings. The Balaban J connectivity index is 1.23. The van der Waals surface area contributed by atoms with Crippen molar-refractivity contribution in [3.63, 3.8) is 0 Å². The standard InChI is InChI=1S/C33H28N4O4/c1-20(38)17-22-3-6-24(7-4-22)31(40)19-23-5-16-29-30(18-23)37-32(36-29)25-8-12-28(13-9-25)35-33(41)26-10-14-27(15-11-26)34-21(2)39/h3-16,18H,17,19H2,1-2H3,(H,34,39)(H,35,41)(H,36,37). The van der Waals surface area contributed by atoms with Crippen LogP contribution in [0.15, 0.2) is 91.0 Å². The van der Waals surface area contributed by atoms with Crippen LogP contribution in [0.1, 0.15) is 45.7 Å². The zero-order valence-corrected chi connectivity index (χ0v) is 22.7.